The number of nitrogens with one attached hydrogen (secondary N) is 3. The van der Waals surface area contributed by atoms with Crippen molar-refractivity contribution in [2.24, 2.45) is 0 Å². The number of H-pyrrole nitrogens is 1. The third-order valence-electron chi connectivity index (χ3n) is 4.63. The highest BCUT2D eigenvalue weighted by molar-refractivity contribution is 7.17. The average molecular weight is 370 g/mol. The van der Waals surface area contributed by atoms with E-state index in [1.165, 1.54) is 35.3 Å². The summed E-state index contributed by atoms with van der Waals surface area (Å²) in [4.78, 5) is 15.2. The first-order valence-electron chi connectivity index (χ1n) is 9.47. The Morgan fingerprint density at radius 2 is 2.04 bits per heavy atom. The highest BCUT2D eigenvalue weighted by atomic mass is 32.1. The predicted octanol–water partition coefficient (Wildman–Crippen LogP) is 4.69. The van der Waals surface area contributed by atoms with E-state index in [4.69, 9.17) is 0 Å². The fraction of sp³-hybridized carbons (Fsp3) is 0.381. The molecule has 3 aromatic rings. The van der Waals surface area contributed by atoms with Crippen LogP contribution in [-0.4, -0.2) is 18.1 Å². The van der Waals surface area contributed by atoms with Crippen LogP contribution in [0.2, 0.25) is 0 Å². The Hall–Kier alpha value is -2.11. The minimum Gasteiger partial charge on any atom is -0.371 e. The molecule has 1 aromatic carbocycles. The number of aryl methyl sites for hydroxylation is 1. The number of rotatable bonds is 6. The number of hydrogen-bond donors (Lipinski definition) is 3. The van der Waals surface area contributed by atoms with Crippen molar-refractivity contribution in [3.8, 4) is 0 Å². The van der Waals surface area contributed by atoms with Crippen molar-refractivity contribution in [2.75, 3.05) is 18.4 Å². The molecule has 0 radical (unpaired) electrons. The monoisotopic (exact) mass is 369 g/mol. The van der Waals surface area contributed by atoms with Crippen molar-refractivity contribution in [3.05, 3.63) is 63.1 Å². The molecule has 1 aliphatic carbocycles. The Bertz CT molecular complexity index is 899. The van der Waals surface area contributed by atoms with Gasteiger partial charge in [0.25, 0.3) is 0 Å². The molecule has 0 fully saturated rings. The molecule has 0 amide bonds. The Balaban J connectivity index is 0.000000948. The summed E-state index contributed by atoms with van der Waals surface area (Å²) < 4.78 is 0.794. The first-order valence-corrected chi connectivity index (χ1v) is 10.3. The lowest BCUT2D eigenvalue weighted by Gasteiger charge is -2.14. The smallest absolute Gasteiger partial charge is 0.201 e. The molecule has 0 bridgehead atoms. The third kappa shape index (κ3) is 4.17. The quantitative estimate of drug-likeness (QED) is 0.552. The lowest BCUT2D eigenvalue weighted by molar-refractivity contribution is 0.525. The van der Waals surface area contributed by atoms with Crippen molar-refractivity contribution in [2.45, 2.75) is 39.2 Å². The Labute approximate surface area is 158 Å². The summed E-state index contributed by atoms with van der Waals surface area (Å²) >= 11 is 1.48. The van der Waals surface area contributed by atoms with E-state index in [1.807, 2.05) is 25.3 Å². The zero-order valence-electron chi connectivity index (χ0n) is 15.5. The van der Waals surface area contributed by atoms with E-state index in [0.29, 0.717) is 6.04 Å². The number of aromatic amines is 1. The summed E-state index contributed by atoms with van der Waals surface area (Å²) in [7, 11) is 0. The van der Waals surface area contributed by atoms with Crippen molar-refractivity contribution in [1.82, 2.24) is 10.3 Å². The molecule has 1 unspecified atom stereocenters. The van der Waals surface area contributed by atoms with Crippen LogP contribution >= 0.6 is 11.3 Å². The average Bonchev–Trinajstić information content (AvgIpc) is 3.30. The number of hydrogen-bond acceptors (Lipinski definition) is 4. The summed E-state index contributed by atoms with van der Waals surface area (Å²) in [5.74, 6) is 0.803. The molecule has 4 rings (SSSR count). The maximum atomic E-state index is 12.0. The molecule has 2 aromatic heterocycles. The van der Waals surface area contributed by atoms with Crippen molar-refractivity contribution in [1.29, 1.82) is 0 Å². The van der Waals surface area contributed by atoms with Gasteiger partial charge in [0.1, 0.15) is 5.82 Å². The molecule has 0 spiro atoms. The molecular weight excluding hydrogens is 342 g/mol. The van der Waals surface area contributed by atoms with Gasteiger partial charge in [-0.05, 0) is 48.4 Å². The number of aromatic nitrogens is 1. The summed E-state index contributed by atoms with van der Waals surface area (Å²) in [5, 5.41) is 8.91. The van der Waals surface area contributed by atoms with Gasteiger partial charge in [-0.25, -0.2) is 0 Å². The van der Waals surface area contributed by atoms with E-state index in [2.05, 4.69) is 39.9 Å². The molecule has 0 saturated carbocycles. The molecule has 0 aliphatic heterocycles. The van der Waals surface area contributed by atoms with Crippen LogP contribution in [0.15, 0.2) is 46.6 Å². The summed E-state index contributed by atoms with van der Waals surface area (Å²) in [6.45, 7) is 5.81. The van der Waals surface area contributed by atoms with E-state index < -0.39 is 0 Å². The van der Waals surface area contributed by atoms with E-state index in [1.54, 1.807) is 6.07 Å². The molecule has 1 aliphatic rings. The lowest BCUT2D eigenvalue weighted by Crippen LogP contribution is -2.22. The fourth-order valence-electron chi connectivity index (χ4n) is 3.43. The number of fused-ring (bicyclic) bond motifs is 2. The molecular formula is C21H27N3OS. The van der Waals surface area contributed by atoms with Crippen LogP contribution in [0.3, 0.4) is 0 Å². The second-order valence-corrected chi connectivity index (χ2v) is 7.15. The second-order valence-electron chi connectivity index (χ2n) is 6.24. The first kappa shape index (κ1) is 18.7. The van der Waals surface area contributed by atoms with Gasteiger partial charge in [0.2, 0.25) is 5.43 Å². The fourth-order valence-corrected chi connectivity index (χ4v) is 4.19. The minimum absolute atomic E-state index is 0.0851. The van der Waals surface area contributed by atoms with Crippen LogP contribution in [0.4, 0.5) is 5.82 Å². The largest absolute Gasteiger partial charge is 0.371 e. The van der Waals surface area contributed by atoms with Gasteiger partial charge in [0, 0.05) is 18.7 Å². The van der Waals surface area contributed by atoms with Crippen molar-refractivity contribution < 1.29 is 0 Å². The Morgan fingerprint density at radius 3 is 2.92 bits per heavy atom. The van der Waals surface area contributed by atoms with Gasteiger partial charge in [-0.1, -0.05) is 38.1 Å². The van der Waals surface area contributed by atoms with Gasteiger partial charge in [-0.3, -0.25) is 4.79 Å². The van der Waals surface area contributed by atoms with Gasteiger partial charge < -0.3 is 15.6 Å². The maximum Gasteiger partial charge on any atom is 0.201 e. The van der Waals surface area contributed by atoms with Crippen LogP contribution in [0, 0.1) is 0 Å². The van der Waals surface area contributed by atoms with Crippen LogP contribution < -0.4 is 16.1 Å². The minimum atomic E-state index is 0.0851. The van der Waals surface area contributed by atoms with Gasteiger partial charge in [-0.2, -0.15) is 0 Å². The third-order valence-corrected chi connectivity index (χ3v) is 5.56. The van der Waals surface area contributed by atoms with E-state index >= 15 is 0 Å². The van der Waals surface area contributed by atoms with Crippen LogP contribution in [-0.2, 0) is 6.42 Å². The zero-order chi connectivity index (χ0) is 18.4. The highest BCUT2D eigenvalue weighted by Gasteiger charge is 2.20. The van der Waals surface area contributed by atoms with Gasteiger partial charge in [-0.15, -0.1) is 11.3 Å². The molecule has 2 heterocycles. The molecule has 26 heavy (non-hydrogen) atoms. The molecule has 5 heteroatoms. The maximum absolute atomic E-state index is 12.0. The van der Waals surface area contributed by atoms with E-state index in [-0.39, 0.29) is 5.43 Å². The van der Waals surface area contributed by atoms with E-state index in [9.17, 15) is 4.79 Å². The normalized spacial score (nSPS) is 15.4. The molecule has 4 nitrogen and oxygen atoms in total. The van der Waals surface area contributed by atoms with Crippen LogP contribution in [0.25, 0.3) is 10.2 Å². The molecule has 138 valence electrons. The SMILES string of the molecule is CC.O=c1cc(NCCCNC2CCc3ccccc32)[nH]c2ccsc12. The second kappa shape index (κ2) is 9.01. The number of thiophene rings is 1. The highest BCUT2D eigenvalue weighted by Crippen LogP contribution is 2.30. The zero-order valence-corrected chi connectivity index (χ0v) is 16.3. The Kier molecular flexibility index (Phi) is 6.47. The Morgan fingerprint density at radius 1 is 1.19 bits per heavy atom. The molecule has 0 saturated heterocycles. The standard InChI is InChI=1S/C19H21N3OS.C2H6/c23-17-12-18(22-16-8-11-24-19(16)17)21-10-3-9-20-15-7-6-13-4-1-2-5-14(13)15;1-2/h1-2,4-5,8,11-12,15,20H,3,6-7,9-10H2,(H2,21,22,23);1-2H3. The number of anilines is 1. The number of benzene rings is 1. The molecule has 3 N–H and O–H groups in total. The summed E-state index contributed by atoms with van der Waals surface area (Å²) in [6, 6.07) is 12.8. The van der Waals surface area contributed by atoms with Crippen molar-refractivity contribution >= 4 is 27.4 Å². The summed E-state index contributed by atoms with van der Waals surface area (Å²) in [6.07, 6.45) is 3.38. The topological polar surface area (TPSA) is 56.9 Å². The van der Waals surface area contributed by atoms with Gasteiger partial charge in [0.05, 0.1) is 10.2 Å². The van der Waals surface area contributed by atoms with Gasteiger partial charge >= 0.3 is 0 Å². The van der Waals surface area contributed by atoms with Crippen molar-refractivity contribution in [3.63, 3.8) is 0 Å². The lowest BCUT2D eigenvalue weighted by atomic mass is 10.1. The van der Waals surface area contributed by atoms with E-state index in [0.717, 1.165) is 35.5 Å². The van der Waals surface area contributed by atoms with Gasteiger partial charge in [0.15, 0.2) is 0 Å². The number of pyridine rings is 1. The van der Waals surface area contributed by atoms with Crippen LogP contribution in [0.5, 0.6) is 0 Å². The van der Waals surface area contributed by atoms with Crippen LogP contribution in [0.1, 0.15) is 43.9 Å². The molecule has 1 atom stereocenters. The first-order chi connectivity index (χ1) is 12.8. The predicted molar refractivity (Wildman–Crippen MR) is 112 cm³/mol. The summed E-state index contributed by atoms with van der Waals surface area (Å²) in [5.41, 5.74) is 3.94.